The third kappa shape index (κ3) is 3.08. The summed E-state index contributed by atoms with van der Waals surface area (Å²) < 4.78 is 2.03. The summed E-state index contributed by atoms with van der Waals surface area (Å²) in [4.78, 5) is 18.0. The second-order valence-corrected chi connectivity index (χ2v) is 5.99. The highest BCUT2D eigenvalue weighted by atomic mass is 16.4. The van der Waals surface area contributed by atoms with Gasteiger partial charge < -0.3 is 9.51 Å². The zero-order valence-electron chi connectivity index (χ0n) is 12.3. The summed E-state index contributed by atoms with van der Waals surface area (Å²) in [6.45, 7) is 5.21. The van der Waals surface area contributed by atoms with Gasteiger partial charge in [0, 0.05) is 19.3 Å². The van der Waals surface area contributed by atoms with Crippen molar-refractivity contribution in [3.8, 4) is 0 Å². The predicted octanol–water partition coefficient (Wildman–Crippen LogP) is 2.19. The van der Waals surface area contributed by atoms with Crippen molar-refractivity contribution in [2.24, 2.45) is 5.92 Å². The predicted molar refractivity (Wildman–Crippen MR) is 80.2 cm³/mol. The smallest absolute Gasteiger partial charge is 0.309 e. The van der Waals surface area contributed by atoms with Crippen LogP contribution in [0.25, 0.3) is 5.65 Å². The van der Waals surface area contributed by atoms with Gasteiger partial charge in [0.15, 0.2) is 0 Å². The van der Waals surface area contributed by atoms with E-state index in [1.165, 1.54) is 12.8 Å². The molecule has 1 unspecified atom stereocenters. The molecule has 3 heterocycles. The molecular weight excluding hydrogens is 266 g/mol. The van der Waals surface area contributed by atoms with Crippen LogP contribution < -0.4 is 0 Å². The van der Waals surface area contributed by atoms with Gasteiger partial charge in [-0.05, 0) is 37.4 Å². The first-order chi connectivity index (χ1) is 10.1. The molecule has 0 bridgehead atoms. The summed E-state index contributed by atoms with van der Waals surface area (Å²) in [5.74, 6) is -0.118. The zero-order chi connectivity index (χ0) is 14.8. The Morgan fingerprint density at radius 3 is 3.10 bits per heavy atom. The van der Waals surface area contributed by atoms with E-state index in [4.69, 9.17) is 5.11 Å². The Kier molecular flexibility index (Phi) is 3.92. The molecule has 0 aliphatic carbocycles. The topological polar surface area (TPSA) is 57.8 Å². The van der Waals surface area contributed by atoms with Crippen LogP contribution in [0.5, 0.6) is 0 Å². The fourth-order valence-electron chi connectivity index (χ4n) is 3.19. The number of piperidine rings is 1. The number of aliphatic carboxylic acids is 1. The van der Waals surface area contributed by atoms with Crippen LogP contribution in [0, 0.1) is 5.92 Å². The van der Waals surface area contributed by atoms with Crippen molar-refractivity contribution in [1.29, 1.82) is 0 Å². The lowest BCUT2D eigenvalue weighted by molar-refractivity contribution is -0.136. The van der Waals surface area contributed by atoms with Crippen molar-refractivity contribution in [2.75, 3.05) is 13.1 Å². The average molecular weight is 287 g/mol. The van der Waals surface area contributed by atoms with Gasteiger partial charge in [-0.1, -0.05) is 13.0 Å². The van der Waals surface area contributed by atoms with Gasteiger partial charge in [-0.15, -0.1) is 0 Å². The molecule has 1 fully saturated rings. The van der Waals surface area contributed by atoms with Crippen LogP contribution in [0.2, 0.25) is 0 Å². The molecule has 0 amide bonds. The van der Waals surface area contributed by atoms with E-state index < -0.39 is 5.97 Å². The molecule has 0 radical (unpaired) electrons. The monoisotopic (exact) mass is 287 g/mol. The molecule has 0 spiro atoms. The van der Waals surface area contributed by atoms with Gasteiger partial charge in [0.05, 0.1) is 17.8 Å². The van der Waals surface area contributed by atoms with Gasteiger partial charge >= 0.3 is 5.97 Å². The number of imidazole rings is 1. The number of aromatic nitrogens is 2. The van der Waals surface area contributed by atoms with E-state index in [1.54, 1.807) is 0 Å². The maximum atomic E-state index is 11.1. The van der Waals surface area contributed by atoms with Crippen molar-refractivity contribution in [3.05, 3.63) is 35.8 Å². The molecule has 2 aromatic rings. The lowest BCUT2D eigenvalue weighted by atomic mass is 10.00. The summed E-state index contributed by atoms with van der Waals surface area (Å²) in [7, 11) is 0. The summed E-state index contributed by atoms with van der Waals surface area (Å²) in [5, 5.41) is 9.10. The van der Waals surface area contributed by atoms with E-state index in [-0.39, 0.29) is 6.42 Å². The summed E-state index contributed by atoms with van der Waals surface area (Å²) in [6, 6.07) is 5.81. The quantitative estimate of drug-likeness (QED) is 0.936. The molecule has 1 aliphatic rings. The Morgan fingerprint density at radius 1 is 1.48 bits per heavy atom. The van der Waals surface area contributed by atoms with Crippen LogP contribution >= 0.6 is 0 Å². The molecular formula is C16H21N3O2. The van der Waals surface area contributed by atoms with Gasteiger partial charge in [0.2, 0.25) is 0 Å². The Hall–Kier alpha value is -1.88. The normalized spacial score (nSPS) is 20.0. The largest absolute Gasteiger partial charge is 0.481 e. The highest BCUT2D eigenvalue weighted by molar-refractivity contribution is 5.70. The van der Waals surface area contributed by atoms with E-state index in [2.05, 4.69) is 16.8 Å². The van der Waals surface area contributed by atoms with E-state index in [1.807, 2.05) is 28.8 Å². The second kappa shape index (κ2) is 5.85. The number of rotatable bonds is 4. The van der Waals surface area contributed by atoms with Crippen LogP contribution in [0.1, 0.15) is 31.2 Å². The fourth-order valence-corrected chi connectivity index (χ4v) is 3.19. The van der Waals surface area contributed by atoms with Crippen molar-refractivity contribution < 1.29 is 9.90 Å². The summed E-state index contributed by atoms with van der Waals surface area (Å²) in [6.07, 6.45) is 4.45. The van der Waals surface area contributed by atoms with Crippen LogP contribution in [-0.2, 0) is 17.8 Å². The minimum Gasteiger partial charge on any atom is -0.481 e. The number of nitrogens with zero attached hydrogens (tertiary/aromatic N) is 3. The number of likely N-dealkylation sites (tertiary alicyclic amines) is 1. The summed E-state index contributed by atoms with van der Waals surface area (Å²) >= 11 is 0. The third-order valence-electron chi connectivity index (χ3n) is 4.14. The molecule has 21 heavy (non-hydrogen) atoms. The molecule has 2 aromatic heterocycles. The number of carboxylic acids is 1. The van der Waals surface area contributed by atoms with Gasteiger partial charge in [0.1, 0.15) is 5.65 Å². The molecule has 1 saturated heterocycles. The van der Waals surface area contributed by atoms with Crippen molar-refractivity contribution in [3.63, 3.8) is 0 Å². The Labute approximate surface area is 124 Å². The molecule has 0 saturated carbocycles. The van der Waals surface area contributed by atoms with E-state index in [0.29, 0.717) is 11.6 Å². The lowest BCUT2D eigenvalue weighted by Gasteiger charge is -2.30. The summed E-state index contributed by atoms with van der Waals surface area (Å²) in [5.41, 5.74) is 2.53. The van der Waals surface area contributed by atoms with Crippen LogP contribution in [-0.4, -0.2) is 38.4 Å². The first-order valence-corrected chi connectivity index (χ1v) is 7.52. The molecule has 1 N–H and O–H groups in total. The van der Waals surface area contributed by atoms with Crippen LogP contribution in [0.4, 0.5) is 0 Å². The molecule has 112 valence electrons. The highest BCUT2D eigenvalue weighted by Gasteiger charge is 2.21. The van der Waals surface area contributed by atoms with Gasteiger partial charge in [-0.2, -0.15) is 0 Å². The average Bonchev–Trinajstić information content (AvgIpc) is 2.76. The maximum absolute atomic E-state index is 11.1. The zero-order valence-corrected chi connectivity index (χ0v) is 12.3. The van der Waals surface area contributed by atoms with Crippen molar-refractivity contribution in [2.45, 2.75) is 32.7 Å². The standard InChI is InChI=1S/C16H21N3O2/c1-12-5-4-7-18(10-12)11-14-13(9-16(20)21)17-15-6-2-3-8-19(14)15/h2-3,6,8,12H,4-5,7,9-11H2,1H3,(H,20,21). The molecule has 1 atom stereocenters. The van der Waals surface area contributed by atoms with Gasteiger partial charge in [-0.3, -0.25) is 9.69 Å². The first-order valence-electron chi connectivity index (χ1n) is 7.52. The number of hydrogen-bond acceptors (Lipinski definition) is 3. The highest BCUT2D eigenvalue weighted by Crippen LogP contribution is 2.21. The minimum absolute atomic E-state index is 0.0135. The molecule has 5 heteroatoms. The first kappa shape index (κ1) is 14.1. The number of fused-ring (bicyclic) bond motifs is 1. The Bertz CT molecular complexity index is 650. The second-order valence-electron chi connectivity index (χ2n) is 5.99. The van der Waals surface area contributed by atoms with E-state index >= 15 is 0 Å². The number of pyridine rings is 1. The third-order valence-corrected chi connectivity index (χ3v) is 4.14. The van der Waals surface area contributed by atoms with Crippen LogP contribution in [0.3, 0.4) is 0 Å². The van der Waals surface area contributed by atoms with Crippen LogP contribution in [0.15, 0.2) is 24.4 Å². The van der Waals surface area contributed by atoms with Crippen molar-refractivity contribution >= 4 is 11.6 Å². The Balaban J connectivity index is 1.92. The maximum Gasteiger partial charge on any atom is 0.309 e. The van der Waals surface area contributed by atoms with Crippen molar-refractivity contribution in [1.82, 2.24) is 14.3 Å². The fraction of sp³-hybridized carbons (Fsp3) is 0.500. The molecule has 0 aromatic carbocycles. The SMILES string of the molecule is CC1CCCN(Cc2c(CC(=O)O)nc3ccccn23)C1. The lowest BCUT2D eigenvalue weighted by Crippen LogP contribution is -2.34. The Morgan fingerprint density at radius 2 is 2.33 bits per heavy atom. The number of hydrogen-bond donors (Lipinski definition) is 1. The van der Waals surface area contributed by atoms with E-state index in [0.717, 1.165) is 31.0 Å². The molecule has 1 aliphatic heterocycles. The molecule has 3 rings (SSSR count). The van der Waals surface area contributed by atoms with Gasteiger partial charge in [0.25, 0.3) is 0 Å². The van der Waals surface area contributed by atoms with E-state index in [9.17, 15) is 4.79 Å². The van der Waals surface area contributed by atoms with Gasteiger partial charge in [-0.25, -0.2) is 4.98 Å². The molecule has 5 nitrogen and oxygen atoms in total. The minimum atomic E-state index is -0.827. The number of carbonyl (C=O) groups is 1. The number of carboxylic acid groups (broad SMARTS) is 1.